The molecule has 0 aliphatic carbocycles. The summed E-state index contributed by atoms with van der Waals surface area (Å²) in [4.78, 5) is 0. The summed E-state index contributed by atoms with van der Waals surface area (Å²) in [6.45, 7) is 0. The Kier molecular flexibility index (Phi) is 23.6. The van der Waals surface area contributed by atoms with E-state index in [4.69, 9.17) is 0 Å². The van der Waals surface area contributed by atoms with Crippen molar-refractivity contribution in [2.45, 2.75) is 0 Å². The van der Waals surface area contributed by atoms with Crippen molar-refractivity contribution in [3.63, 3.8) is 0 Å². The second kappa shape index (κ2) is 8.27. The van der Waals surface area contributed by atoms with Crippen LogP contribution in [0.15, 0.2) is 0 Å². The third-order valence-electron chi connectivity index (χ3n) is 0. The van der Waals surface area contributed by atoms with Gasteiger partial charge in [0, 0.05) is 0 Å². The first-order valence-corrected chi connectivity index (χ1v) is 6.63. The first-order valence-electron chi connectivity index (χ1n) is 0.756. The summed E-state index contributed by atoms with van der Waals surface area (Å²) in [5.41, 5.74) is 0. The predicted molar refractivity (Wildman–Crippen MR) is 15.9 cm³/mol. The topological polar surface area (TPSA) is 0 Å². The third kappa shape index (κ3) is 178. The zero-order chi connectivity index (χ0) is 4.50. The summed E-state index contributed by atoms with van der Waals surface area (Å²) >= 11 is -7.28. The van der Waals surface area contributed by atoms with Gasteiger partial charge in [-0.2, -0.15) is 0 Å². The van der Waals surface area contributed by atoms with Crippen LogP contribution < -0.4 is 9.41 Å². The van der Waals surface area contributed by atoms with Crippen molar-refractivity contribution in [2.24, 2.45) is 0 Å². The van der Waals surface area contributed by atoms with Gasteiger partial charge in [-0.15, -0.1) is 0 Å². The van der Waals surface area contributed by atoms with Crippen molar-refractivity contribution in [2.75, 3.05) is 0 Å². The Labute approximate surface area is 65.9 Å². The second-order valence-corrected chi connectivity index (χ2v) is 3.76. The van der Waals surface area contributed by atoms with Crippen LogP contribution in [0.25, 0.3) is 0 Å². The summed E-state index contributed by atoms with van der Waals surface area (Å²) in [6, 6.07) is 0. The van der Waals surface area contributed by atoms with Crippen LogP contribution in [0.3, 0.4) is 0 Å². The third-order valence-corrected chi connectivity index (χ3v) is 0. The molecular formula is F6MgPb. The van der Waals surface area contributed by atoms with Gasteiger partial charge in [0.15, 0.2) is 0 Å². The summed E-state index contributed by atoms with van der Waals surface area (Å²) < 4.78 is 39.6. The molecule has 0 aliphatic rings. The zero-order valence-electron chi connectivity index (χ0n) is 3.47. The van der Waals surface area contributed by atoms with Crippen molar-refractivity contribution < 1.29 is 19.5 Å². The standard InChI is InChI=1S/6FH.Mg.Pb/h6*1H;;/q;;;;;;+2;+4/p-6. The Bertz CT molecular complexity index is 24.0. The van der Waals surface area contributed by atoms with Gasteiger partial charge in [-0.05, 0) is 0 Å². The van der Waals surface area contributed by atoms with Gasteiger partial charge in [0.25, 0.3) is 0 Å². The molecule has 0 nitrogen and oxygen atoms in total. The fourth-order valence-electron chi connectivity index (χ4n) is 0. The molecule has 0 aromatic rings. The van der Waals surface area contributed by atoms with E-state index in [2.05, 4.69) is 0 Å². The number of hydrogen-bond donors (Lipinski definition) is 0. The maximum Gasteiger partial charge on any atom is 2.00 e. The van der Waals surface area contributed by atoms with Gasteiger partial charge >= 0.3 is 56.8 Å². The van der Waals surface area contributed by atoms with Crippen molar-refractivity contribution in [1.29, 1.82) is 0 Å². The molecule has 48 valence electrons. The van der Waals surface area contributed by atoms with Crippen LogP contribution in [-0.2, 0) is 0 Å². The van der Waals surface area contributed by atoms with Gasteiger partial charge < -0.3 is 9.41 Å². The molecule has 0 radical (unpaired) electrons. The van der Waals surface area contributed by atoms with Crippen molar-refractivity contribution >= 4 is 46.7 Å². The maximum atomic E-state index is 9.91. The average molecular weight is 345 g/mol. The van der Waals surface area contributed by atoms with Crippen LogP contribution in [0.5, 0.6) is 0 Å². The molecule has 0 bridgehead atoms. The van der Waals surface area contributed by atoms with Crippen molar-refractivity contribution in [1.82, 2.24) is 0 Å². The van der Waals surface area contributed by atoms with Crippen molar-refractivity contribution in [3.8, 4) is 0 Å². The molecular weight excluding hydrogens is 345 g/mol. The number of rotatable bonds is 0. The molecule has 8 heavy (non-hydrogen) atoms. The van der Waals surface area contributed by atoms with E-state index in [0.29, 0.717) is 0 Å². The zero-order valence-corrected chi connectivity index (χ0v) is 8.78. The first-order chi connectivity index (χ1) is 2.00. The molecule has 0 aromatic carbocycles. The molecule has 0 heterocycles. The van der Waals surface area contributed by atoms with Crippen LogP contribution in [0.2, 0.25) is 0 Å². The van der Waals surface area contributed by atoms with E-state index in [9.17, 15) is 10.0 Å². The SMILES string of the molecule is [F-].[F-].[F][Pb]([F])([F])[F].[Mg+2]. The maximum absolute atomic E-state index is 9.91. The van der Waals surface area contributed by atoms with Crippen LogP contribution in [0.4, 0.5) is 10.0 Å². The minimum absolute atomic E-state index is 0. The molecule has 0 N–H and O–H groups in total. The molecule has 0 unspecified atom stereocenters. The molecule has 0 rings (SSSR count). The summed E-state index contributed by atoms with van der Waals surface area (Å²) in [5.74, 6) is 0. The number of hydrogen-bond acceptors (Lipinski definition) is 0. The predicted octanol–water partition coefficient (Wildman–Crippen LogP) is -5.07. The van der Waals surface area contributed by atoms with Crippen molar-refractivity contribution in [3.05, 3.63) is 0 Å². The molecule has 0 aromatic heterocycles. The summed E-state index contributed by atoms with van der Waals surface area (Å²) in [5, 5.41) is 0. The Hall–Kier alpha value is 1.27. The monoisotopic (exact) mass is 346 g/mol. The first kappa shape index (κ1) is 22.8. The quantitative estimate of drug-likeness (QED) is 0.305. The molecule has 0 saturated carbocycles. The smallest absolute Gasteiger partial charge is 2.00 e. The summed E-state index contributed by atoms with van der Waals surface area (Å²) in [7, 11) is 0. The molecule has 0 atom stereocenters. The van der Waals surface area contributed by atoms with E-state index in [0.717, 1.165) is 0 Å². The molecule has 0 saturated heterocycles. The minimum Gasteiger partial charge on any atom is 2.00 e. The van der Waals surface area contributed by atoms with E-state index in [1.54, 1.807) is 0 Å². The molecule has 0 fully saturated rings. The van der Waals surface area contributed by atoms with E-state index in [1.165, 1.54) is 0 Å². The van der Waals surface area contributed by atoms with Gasteiger partial charge in [0.1, 0.15) is 0 Å². The van der Waals surface area contributed by atoms with E-state index < -0.39 is 23.7 Å². The van der Waals surface area contributed by atoms with Gasteiger partial charge in [0.2, 0.25) is 0 Å². The Morgan fingerprint density at radius 3 is 0.750 bits per heavy atom. The molecule has 8 heteroatoms. The van der Waals surface area contributed by atoms with Gasteiger partial charge in [-0.3, -0.25) is 0 Å². The minimum atomic E-state index is -7.28. The van der Waals surface area contributed by atoms with Gasteiger partial charge in [-0.1, -0.05) is 0 Å². The van der Waals surface area contributed by atoms with E-state index in [1.807, 2.05) is 0 Å². The van der Waals surface area contributed by atoms with Gasteiger partial charge in [0.05, 0.1) is 0 Å². The summed E-state index contributed by atoms with van der Waals surface area (Å²) in [6.07, 6.45) is 0. The molecule has 0 aliphatic heterocycles. The van der Waals surface area contributed by atoms with Crippen LogP contribution in [-0.4, -0.2) is 46.7 Å². The number of halogens is 6. The Morgan fingerprint density at radius 1 is 0.750 bits per heavy atom. The Morgan fingerprint density at radius 2 is 0.750 bits per heavy atom. The van der Waals surface area contributed by atoms with Crippen LogP contribution >= 0.6 is 0 Å². The van der Waals surface area contributed by atoms with E-state index in [-0.39, 0.29) is 32.5 Å². The Balaban J connectivity index is -0.0000000267. The van der Waals surface area contributed by atoms with Gasteiger partial charge in [-0.25, -0.2) is 0 Å². The fraction of sp³-hybridized carbons (Fsp3) is 0. The second-order valence-electron chi connectivity index (χ2n) is 0.429. The largest absolute Gasteiger partial charge is 2.00 e. The van der Waals surface area contributed by atoms with E-state index >= 15 is 0 Å². The van der Waals surface area contributed by atoms with Crippen LogP contribution in [0.1, 0.15) is 0 Å². The fourth-order valence-corrected chi connectivity index (χ4v) is 0. The molecule has 0 amide bonds. The van der Waals surface area contributed by atoms with Crippen LogP contribution in [0, 0.1) is 0 Å². The normalized spacial score (nSPS) is 7.50. The average Bonchev–Trinajstić information content (AvgIpc) is 0.722. The molecule has 0 spiro atoms.